The number of nitrogens with one attached hydrogen (secondary N) is 1. The molecule has 0 atom stereocenters. The molecule has 2 aromatic rings. The summed E-state index contributed by atoms with van der Waals surface area (Å²) in [5, 5.41) is 3.35. The maximum Gasteiger partial charge on any atom is 0.180 e. The van der Waals surface area contributed by atoms with Crippen LogP contribution in [0, 0.1) is 0 Å². The minimum Gasteiger partial charge on any atom is -0.382 e. The Balaban J connectivity index is 1.63. The maximum atomic E-state index is 5.79. The van der Waals surface area contributed by atoms with Crippen molar-refractivity contribution in [2.24, 2.45) is 0 Å². The maximum absolute atomic E-state index is 5.79. The number of nitrogens with zero attached hydrogens (tertiary/aromatic N) is 4. The number of hydrogen-bond donors (Lipinski definition) is 2. The summed E-state index contributed by atoms with van der Waals surface area (Å²) in [7, 11) is 0. The molecule has 0 aliphatic carbocycles. The molecule has 102 valence electrons. The molecule has 1 saturated heterocycles. The molecular weight excluding hydrogens is 240 g/mol. The van der Waals surface area contributed by atoms with Crippen molar-refractivity contribution in [2.75, 3.05) is 37.2 Å². The number of hydrogen-bond acceptors (Lipinski definition) is 5. The fourth-order valence-electron chi connectivity index (χ4n) is 2.59. The van der Waals surface area contributed by atoms with E-state index in [1.165, 1.54) is 32.4 Å². The van der Waals surface area contributed by atoms with Gasteiger partial charge >= 0.3 is 0 Å². The summed E-state index contributed by atoms with van der Waals surface area (Å²) in [6, 6.07) is 0. The molecule has 6 nitrogen and oxygen atoms in total. The number of rotatable bonds is 4. The van der Waals surface area contributed by atoms with Gasteiger partial charge in [-0.3, -0.25) is 0 Å². The van der Waals surface area contributed by atoms with Gasteiger partial charge in [-0.1, -0.05) is 6.42 Å². The summed E-state index contributed by atoms with van der Waals surface area (Å²) in [5.74, 6) is 1.27. The van der Waals surface area contributed by atoms with Gasteiger partial charge in [-0.25, -0.2) is 9.97 Å². The molecule has 3 heterocycles. The van der Waals surface area contributed by atoms with Crippen molar-refractivity contribution in [3.8, 4) is 0 Å². The van der Waals surface area contributed by atoms with Crippen LogP contribution in [0.5, 0.6) is 0 Å². The Labute approximate surface area is 112 Å². The molecule has 2 aromatic heterocycles. The van der Waals surface area contributed by atoms with Crippen molar-refractivity contribution in [1.82, 2.24) is 19.3 Å². The first-order valence-electron chi connectivity index (χ1n) is 6.88. The van der Waals surface area contributed by atoms with Crippen molar-refractivity contribution < 1.29 is 0 Å². The summed E-state index contributed by atoms with van der Waals surface area (Å²) < 4.78 is 1.89. The molecule has 0 unspecified atom stereocenters. The minimum absolute atomic E-state index is 0.506. The second-order valence-electron chi connectivity index (χ2n) is 5.00. The Morgan fingerprint density at radius 1 is 1.26 bits per heavy atom. The molecule has 0 saturated carbocycles. The highest BCUT2D eigenvalue weighted by Crippen LogP contribution is 2.14. The van der Waals surface area contributed by atoms with E-state index in [-0.39, 0.29) is 0 Å². The fourth-order valence-corrected chi connectivity index (χ4v) is 2.59. The lowest BCUT2D eigenvalue weighted by atomic mass is 10.1. The summed E-state index contributed by atoms with van der Waals surface area (Å²) in [4.78, 5) is 11.1. The lowest BCUT2D eigenvalue weighted by Crippen LogP contribution is -2.33. The van der Waals surface area contributed by atoms with Gasteiger partial charge in [0.1, 0.15) is 5.82 Å². The zero-order valence-corrected chi connectivity index (χ0v) is 11.0. The SMILES string of the molecule is Nc1cn2ccnc2c(NCCN2CCCCC2)n1. The summed E-state index contributed by atoms with van der Waals surface area (Å²) >= 11 is 0. The molecule has 3 rings (SSSR count). The average molecular weight is 260 g/mol. The van der Waals surface area contributed by atoms with Crippen LogP contribution in [0.25, 0.3) is 5.65 Å². The normalized spacial score (nSPS) is 16.8. The van der Waals surface area contributed by atoms with Crippen LogP contribution in [0.2, 0.25) is 0 Å². The number of imidazole rings is 1. The molecule has 19 heavy (non-hydrogen) atoms. The van der Waals surface area contributed by atoms with E-state index in [1.807, 2.05) is 10.6 Å². The van der Waals surface area contributed by atoms with Crippen LogP contribution in [-0.2, 0) is 0 Å². The molecule has 0 bridgehead atoms. The van der Waals surface area contributed by atoms with Crippen molar-refractivity contribution >= 4 is 17.3 Å². The van der Waals surface area contributed by atoms with E-state index < -0.39 is 0 Å². The minimum atomic E-state index is 0.506. The molecule has 6 heteroatoms. The van der Waals surface area contributed by atoms with E-state index in [0.717, 1.165) is 24.6 Å². The highest BCUT2D eigenvalue weighted by Gasteiger charge is 2.10. The van der Waals surface area contributed by atoms with Gasteiger partial charge in [0, 0.05) is 25.5 Å². The number of nitrogens with two attached hydrogens (primary N) is 1. The molecule has 0 radical (unpaired) electrons. The molecule has 1 aliphatic rings. The smallest absolute Gasteiger partial charge is 0.180 e. The summed E-state index contributed by atoms with van der Waals surface area (Å²) in [6.45, 7) is 4.35. The number of aromatic nitrogens is 3. The molecule has 0 aromatic carbocycles. The van der Waals surface area contributed by atoms with Gasteiger partial charge < -0.3 is 20.4 Å². The second-order valence-corrected chi connectivity index (χ2v) is 5.00. The van der Waals surface area contributed by atoms with E-state index >= 15 is 0 Å². The van der Waals surface area contributed by atoms with Crippen LogP contribution in [0.3, 0.4) is 0 Å². The Morgan fingerprint density at radius 2 is 2.11 bits per heavy atom. The number of nitrogen functional groups attached to an aromatic ring is 1. The van der Waals surface area contributed by atoms with Crippen LogP contribution in [0.1, 0.15) is 19.3 Å². The van der Waals surface area contributed by atoms with Crippen LogP contribution in [0.15, 0.2) is 18.6 Å². The monoisotopic (exact) mass is 260 g/mol. The molecule has 1 aliphatic heterocycles. The molecular formula is C13H20N6. The van der Waals surface area contributed by atoms with Crippen LogP contribution in [-0.4, -0.2) is 45.4 Å². The first-order valence-corrected chi connectivity index (χ1v) is 6.88. The topological polar surface area (TPSA) is 71.5 Å². The number of fused-ring (bicyclic) bond motifs is 1. The van der Waals surface area contributed by atoms with E-state index in [0.29, 0.717) is 5.82 Å². The third-order valence-corrected chi connectivity index (χ3v) is 3.56. The van der Waals surface area contributed by atoms with Gasteiger partial charge in [0.25, 0.3) is 0 Å². The highest BCUT2D eigenvalue weighted by molar-refractivity contribution is 5.64. The molecule has 0 amide bonds. The summed E-state index contributed by atoms with van der Waals surface area (Å²) in [6.07, 6.45) is 9.42. The molecule has 0 spiro atoms. The fraction of sp³-hybridized carbons (Fsp3) is 0.538. The zero-order chi connectivity index (χ0) is 13.1. The Hall–Kier alpha value is -1.82. The first-order chi connectivity index (χ1) is 9.33. The predicted octanol–water partition coefficient (Wildman–Crippen LogP) is 1.21. The Kier molecular flexibility index (Phi) is 3.50. The molecule has 1 fully saturated rings. The predicted molar refractivity (Wildman–Crippen MR) is 76.2 cm³/mol. The Morgan fingerprint density at radius 3 is 2.95 bits per heavy atom. The van der Waals surface area contributed by atoms with Crippen molar-refractivity contribution in [3.63, 3.8) is 0 Å². The van der Waals surface area contributed by atoms with Crippen LogP contribution >= 0.6 is 0 Å². The first kappa shape index (κ1) is 12.2. The van der Waals surface area contributed by atoms with Gasteiger partial charge in [0.05, 0.1) is 6.20 Å². The van der Waals surface area contributed by atoms with E-state index in [1.54, 1.807) is 12.4 Å². The van der Waals surface area contributed by atoms with Gasteiger partial charge in [-0.2, -0.15) is 0 Å². The lowest BCUT2D eigenvalue weighted by Gasteiger charge is -2.26. The van der Waals surface area contributed by atoms with Crippen LogP contribution < -0.4 is 11.1 Å². The number of anilines is 2. The van der Waals surface area contributed by atoms with E-state index in [2.05, 4.69) is 20.2 Å². The largest absolute Gasteiger partial charge is 0.382 e. The number of piperidine rings is 1. The average Bonchev–Trinajstić information content (AvgIpc) is 2.88. The third-order valence-electron chi connectivity index (χ3n) is 3.56. The third kappa shape index (κ3) is 2.78. The van der Waals surface area contributed by atoms with Crippen molar-refractivity contribution in [3.05, 3.63) is 18.6 Å². The van der Waals surface area contributed by atoms with Crippen LogP contribution in [0.4, 0.5) is 11.6 Å². The highest BCUT2D eigenvalue weighted by atomic mass is 15.2. The standard InChI is InChI=1S/C13H20N6/c14-11-10-19-9-5-16-13(19)12(17-11)15-4-8-18-6-2-1-3-7-18/h5,9-10H,1-4,6-8,14H2,(H,15,17). The number of likely N-dealkylation sites (tertiary alicyclic amines) is 1. The Bertz CT molecular complexity index is 543. The van der Waals surface area contributed by atoms with Crippen molar-refractivity contribution in [2.45, 2.75) is 19.3 Å². The zero-order valence-electron chi connectivity index (χ0n) is 11.0. The van der Waals surface area contributed by atoms with Crippen molar-refractivity contribution in [1.29, 1.82) is 0 Å². The molecule has 3 N–H and O–H groups in total. The summed E-state index contributed by atoms with van der Waals surface area (Å²) in [5.41, 5.74) is 6.61. The van der Waals surface area contributed by atoms with Gasteiger partial charge in [-0.15, -0.1) is 0 Å². The van der Waals surface area contributed by atoms with Gasteiger partial charge in [-0.05, 0) is 25.9 Å². The quantitative estimate of drug-likeness (QED) is 0.864. The second kappa shape index (κ2) is 5.44. The van der Waals surface area contributed by atoms with E-state index in [4.69, 9.17) is 5.73 Å². The van der Waals surface area contributed by atoms with Gasteiger partial charge in [0.2, 0.25) is 0 Å². The van der Waals surface area contributed by atoms with E-state index in [9.17, 15) is 0 Å². The lowest BCUT2D eigenvalue weighted by molar-refractivity contribution is 0.237. The van der Waals surface area contributed by atoms with Gasteiger partial charge in [0.15, 0.2) is 11.5 Å².